The number of nitrogens with one attached hydrogen (secondary N) is 2. The lowest BCUT2D eigenvalue weighted by Gasteiger charge is -2.15. The highest BCUT2D eigenvalue weighted by Gasteiger charge is 2.24. The summed E-state index contributed by atoms with van der Waals surface area (Å²) in [6.07, 6.45) is 1.81. The number of thiophene rings is 1. The standard InChI is InChI=1S/C12H20N4O2S/c1-4-6(5-2)16-12-7(10(14)17)8(13)9(19-12)11(18)15-3/h6,16H,4-5,13H2,1-3H3,(H2,14,17)(H,15,18). The molecule has 7 heteroatoms. The van der Waals surface area contributed by atoms with Crippen molar-refractivity contribution in [3.8, 4) is 0 Å². The Morgan fingerprint density at radius 2 is 1.89 bits per heavy atom. The van der Waals surface area contributed by atoms with E-state index in [-0.39, 0.29) is 23.2 Å². The fourth-order valence-corrected chi connectivity index (χ4v) is 2.90. The van der Waals surface area contributed by atoms with Gasteiger partial charge in [0.05, 0.1) is 11.3 Å². The zero-order valence-electron chi connectivity index (χ0n) is 11.4. The molecule has 0 unspecified atom stereocenters. The van der Waals surface area contributed by atoms with E-state index in [1.807, 2.05) is 13.8 Å². The van der Waals surface area contributed by atoms with Crippen molar-refractivity contribution in [2.24, 2.45) is 5.73 Å². The van der Waals surface area contributed by atoms with Gasteiger partial charge in [-0.05, 0) is 12.8 Å². The van der Waals surface area contributed by atoms with E-state index >= 15 is 0 Å². The molecule has 0 aliphatic carbocycles. The highest BCUT2D eigenvalue weighted by Crippen LogP contribution is 2.36. The quantitative estimate of drug-likeness (QED) is 0.632. The Morgan fingerprint density at radius 1 is 1.32 bits per heavy atom. The molecule has 0 aromatic carbocycles. The number of rotatable bonds is 6. The zero-order chi connectivity index (χ0) is 14.6. The number of nitrogen functional groups attached to an aromatic ring is 1. The lowest BCUT2D eigenvalue weighted by molar-refractivity contribution is 0.0967. The van der Waals surface area contributed by atoms with E-state index in [1.54, 1.807) is 0 Å². The second-order valence-electron chi connectivity index (χ2n) is 4.15. The molecular weight excluding hydrogens is 264 g/mol. The van der Waals surface area contributed by atoms with Gasteiger partial charge < -0.3 is 22.1 Å². The topological polar surface area (TPSA) is 110 Å². The van der Waals surface area contributed by atoms with Crippen molar-refractivity contribution in [3.63, 3.8) is 0 Å². The van der Waals surface area contributed by atoms with Crippen LogP contribution in [-0.2, 0) is 0 Å². The molecule has 1 heterocycles. The predicted octanol–water partition coefficient (Wildman–Crippen LogP) is 1.39. The van der Waals surface area contributed by atoms with Crippen LogP contribution in [0.3, 0.4) is 0 Å². The van der Waals surface area contributed by atoms with E-state index in [2.05, 4.69) is 10.6 Å². The van der Waals surface area contributed by atoms with Crippen molar-refractivity contribution in [1.29, 1.82) is 0 Å². The van der Waals surface area contributed by atoms with Gasteiger partial charge >= 0.3 is 0 Å². The second-order valence-corrected chi connectivity index (χ2v) is 5.17. The Balaban J connectivity index is 3.22. The van der Waals surface area contributed by atoms with Gasteiger partial charge in [-0.25, -0.2) is 0 Å². The van der Waals surface area contributed by atoms with Gasteiger partial charge in [0.25, 0.3) is 11.8 Å². The first-order chi connectivity index (χ1) is 8.96. The molecule has 6 nitrogen and oxygen atoms in total. The van der Waals surface area contributed by atoms with Gasteiger partial charge in [-0.3, -0.25) is 9.59 Å². The van der Waals surface area contributed by atoms with Crippen molar-refractivity contribution < 1.29 is 9.59 Å². The molecule has 0 spiro atoms. The molecule has 0 aliphatic rings. The molecule has 19 heavy (non-hydrogen) atoms. The van der Waals surface area contributed by atoms with Gasteiger partial charge in [0.1, 0.15) is 9.88 Å². The first kappa shape index (κ1) is 15.3. The molecule has 0 bridgehead atoms. The van der Waals surface area contributed by atoms with Crippen LogP contribution in [0.25, 0.3) is 0 Å². The number of anilines is 2. The number of carbonyl (C=O) groups excluding carboxylic acids is 2. The molecule has 6 N–H and O–H groups in total. The van der Waals surface area contributed by atoms with Gasteiger partial charge in [-0.1, -0.05) is 13.8 Å². The first-order valence-corrected chi connectivity index (χ1v) is 6.98. The van der Waals surface area contributed by atoms with E-state index in [1.165, 1.54) is 7.05 Å². The second kappa shape index (κ2) is 6.42. The van der Waals surface area contributed by atoms with E-state index < -0.39 is 5.91 Å². The molecule has 1 aromatic rings. The summed E-state index contributed by atoms with van der Waals surface area (Å²) < 4.78 is 0. The predicted molar refractivity (Wildman–Crippen MR) is 78.6 cm³/mol. The highest BCUT2D eigenvalue weighted by molar-refractivity contribution is 7.19. The molecule has 0 saturated heterocycles. The summed E-state index contributed by atoms with van der Waals surface area (Å²) in [5.41, 5.74) is 11.5. The summed E-state index contributed by atoms with van der Waals surface area (Å²) in [6, 6.07) is 0.216. The lowest BCUT2D eigenvalue weighted by atomic mass is 10.1. The lowest BCUT2D eigenvalue weighted by Crippen LogP contribution is -2.21. The summed E-state index contributed by atoms with van der Waals surface area (Å²) in [4.78, 5) is 23.5. The molecule has 1 aromatic heterocycles. The van der Waals surface area contributed by atoms with Crippen LogP contribution in [0.2, 0.25) is 0 Å². The molecule has 0 aliphatic heterocycles. The number of nitrogens with two attached hydrogens (primary N) is 2. The fourth-order valence-electron chi connectivity index (χ4n) is 1.75. The number of hydrogen-bond acceptors (Lipinski definition) is 5. The van der Waals surface area contributed by atoms with Gasteiger partial charge in [0, 0.05) is 13.1 Å². The number of primary amides is 1. The Morgan fingerprint density at radius 3 is 2.32 bits per heavy atom. The maximum atomic E-state index is 11.7. The third-order valence-electron chi connectivity index (χ3n) is 2.95. The Hall–Kier alpha value is -1.76. The normalized spacial score (nSPS) is 10.5. The minimum atomic E-state index is -0.627. The zero-order valence-corrected chi connectivity index (χ0v) is 12.2. The van der Waals surface area contributed by atoms with Crippen LogP contribution in [0, 0.1) is 0 Å². The van der Waals surface area contributed by atoms with Crippen LogP contribution in [0.1, 0.15) is 46.7 Å². The monoisotopic (exact) mass is 284 g/mol. The van der Waals surface area contributed by atoms with Crippen LogP contribution >= 0.6 is 11.3 Å². The Labute approximate surface area is 116 Å². The fraction of sp³-hybridized carbons (Fsp3) is 0.500. The number of hydrogen-bond donors (Lipinski definition) is 4. The summed E-state index contributed by atoms with van der Waals surface area (Å²) in [6.45, 7) is 4.09. The molecule has 106 valence electrons. The van der Waals surface area contributed by atoms with Crippen molar-refractivity contribution in [3.05, 3.63) is 10.4 Å². The van der Waals surface area contributed by atoms with Crippen LogP contribution in [0.15, 0.2) is 0 Å². The van der Waals surface area contributed by atoms with Crippen molar-refractivity contribution >= 4 is 33.8 Å². The Kier molecular flexibility index (Phi) is 5.17. The molecule has 2 amide bonds. The Bertz CT molecular complexity index is 480. The van der Waals surface area contributed by atoms with E-state index in [9.17, 15) is 9.59 Å². The minimum absolute atomic E-state index is 0.144. The third-order valence-corrected chi connectivity index (χ3v) is 4.08. The average Bonchev–Trinajstić information content (AvgIpc) is 2.71. The number of amides is 2. The van der Waals surface area contributed by atoms with Gasteiger partial charge in [0.15, 0.2) is 0 Å². The van der Waals surface area contributed by atoms with Gasteiger partial charge in [-0.15, -0.1) is 11.3 Å². The maximum Gasteiger partial charge on any atom is 0.263 e. The van der Waals surface area contributed by atoms with Gasteiger partial charge in [-0.2, -0.15) is 0 Å². The first-order valence-electron chi connectivity index (χ1n) is 6.16. The summed E-state index contributed by atoms with van der Waals surface area (Å²) >= 11 is 1.16. The average molecular weight is 284 g/mol. The smallest absolute Gasteiger partial charge is 0.263 e. The van der Waals surface area contributed by atoms with Crippen LogP contribution in [-0.4, -0.2) is 24.9 Å². The number of carbonyl (C=O) groups is 2. The summed E-state index contributed by atoms with van der Waals surface area (Å²) in [5, 5.41) is 6.29. The van der Waals surface area contributed by atoms with Crippen molar-refractivity contribution in [2.45, 2.75) is 32.7 Å². The summed E-state index contributed by atoms with van der Waals surface area (Å²) in [7, 11) is 1.51. The van der Waals surface area contributed by atoms with Crippen LogP contribution in [0.5, 0.6) is 0 Å². The SMILES string of the molecule is CCC(CC)Nc1sc(C(=O)NC)c(N)c1C(N)=O. The maximum absolute atomic E-state index is 11.7. The molecule has 0 fully saturated rings. The van der Waals surface area contributed by atoms with Gasteiger partial charge in [0.2, 0.25) is 0 Å². The summed E-state index contributed by atoms with van der Waals surface area (Å²) in [5.74, 6) is -0.944. The van der Waals surface area contributed by atoms with Crippen molar-refractivity contribution in [2.75, 3.05) is 18.1 Å². The molecule has 0 atom stereocenters. The van der Waals surface area contributed by atoms with Crippen LogP contribution in [0.4, 0.5) is 10.7 Å². The third kappa shape index (κ3) is 3.17. The van der Waals surface area contributed by atoms with Crippen LogP contribution < -0.4 is 22.1 Å². The molecular formula is C12H20N4O2S. The largest absolute Gasteiger partial charge is 0.397 e. The van der Waals surface area contributed by atoms with E-state index in [0.717, 1.165) is 24.2 Å². The molecule has 0 saturated carbocycles. The van der Waals surface area contributed by atoms with E-state index in [0.29, 0.717) is 9.88 Å². The minimum Gasteiger partial charge on any atom is -0.397 e. The highest BCUT2D eigenvalue weighted by atomic mass is 32.1. The molecule has 1 rings (SSSR count). The van der Waals surface area contributed by atoms with Crippen molar-refractivity contribution in [1.82, 2.24) is 5.32 Å². The molecule has 0 radical (unpaired) electrons. The van der Waals surface area contributed by atoms with E-state index in [4.69, 9.17) is 11.5 Å².